The van der Waals surface area contributed by atoms with Crippen LogP contribution in [0.4, 0.5) is 0 Å². The lowest BCUT2D eigenvalue weighted by molar-refractivity contribution is 0.229. The predicted octanol–water partition coefficient (Wildman–Crippen LogP) is 3.14. The van der Waals surface area contributed by atoms with Gasteiger partial charge in [0.05, 0.1) is 0 Å². The molecule has 1 N–H and O–H groups in total. The topological polar surface area (TPSA) is 15.3 Å². The molecule has 102 valence electrons. The molecule has 0 saturated carbocycles. The molecule has 0 aromatic carbocycles. The third-order valence-electron chi connectivity index (χ3n) is 3.92. The van der Waals surface area contributed by atoms with E-state index in [4.69, 9.17) is 0 Å². The highest BCUT2D eigenvalue weighted by Crippen LogP contribution is 2.13. The van der Waals surface area contributed by atoms with Crippen molar-refractivity contribution in [1.29, 1.82) is 0 Å². The van der Waals surface area contributed by atoms with Gasteiger partial charge in [-0.25, -0.2) is 0 Å². The van der Waals surface area contributed by atoms with Crippen LogP contribution in [-0.2, 0) is 6.42 Å². The zero-order chi connectivity index (χ0) is 12.8. The number of nitrogens with zero attached hydrogens (tertiary/aromatic N) is 1. The monoisotopic (exact) mass is 266 g/mol. The maximum Gasteiger partial charge on any atom is 0.00798 e. The van der Waals surface area contributed by atoms with Crippen molar-refractivity contribution in [3.8, 4) is 0 Å². The zero-order valence-corrected chi connectivity index (χ0v) is 12.5. The van der Waals surface area contributed by atoms with Crippen molar-refractivity contribution in [2.45, 2.75) is 51.6 Å². The fourth-order valence-electron chi connectivity index (χ4n) is 2.69. The molecule has 1 unspecified atom stereocenters. The highest BCUT2D eigenvalue weighted by atomic mass is 32.1. The summed E-state index contributed by atoms with van der Waals surface area (Å²) in [5, 5.41) is 8.16. The van der Waals surface area contributed by atoms with Crippen LogP contribution in [0.2, 0.25) is 0 Å². The van der Waals surface area contributed by atoms with Gasteiger partial charge in [-0.05, 0) is 81.6 Å². The van der Waals surface area contributed by atoms with Gasteiger partial charge >= 0.3 is 0 Å². The summed E-state index contributed by atoms with van der Waals surface area (Å²) >= 11 is 1.80. The largest absolute Gasteiger partial charge is 0.314 e. The molecular weight excluding hydrogens is 240 g/mol. The van der Waals surface area contributed by atoms with Crippen molar-refractivity contribution >= 4 is 11.3 Å². The van der Waals surface area contributed by atoms with Crippen molar-refractivity contribution in [3.63, 3.8) is 0 Å². The molecule has 0 spiro atoms. The van der Waals surface area contributed by atoms with Gasteiger partial charge in [-0.3, -0.25) is 0 Å². The van der Waals surface area contributed by atoms with E-state index in [-0.39, 0.29) is 0 Å². The van der Waals surface area contributed by atoms with E-state index in [0.29, 0.717) is 6.04 Å². The molecule has 18 heavy (non-hydrogen) atoms. The average molecular weight is 266 g/mol. The van der Waals surface area contributed by atoms with Crippen molar-refractivity contribution in [2.24, 2.45) is 0 Å². The molecule has 2 rings (SSSR count). The fraction of sp³-hybridized carbons (Fsp3) is 0.733. The molecule has 3 heteroatoms. The van der Waals surface area contributed by atoms with Gasteiger partial charge in [0.2, 0.25) is 0 Å². The summed E-state index contributed by atoms with van der Waals surface area (Å²) in [5.41, 5.74) is 1.48. The van der Waals surface area contributed by atoms with Gasteiger partial charge < -0.3 is 10.2 Å². The minimum atomic E-state index is 0.703. The van der Waals surface area contributed by atoms with E-state index in [2.05, 4.69) is 40.9 Å². The Morgan fingerprint density at radius 3 is 3.00 bits per heavy atom. The van der Waals surface area contributed by atoms with Crippen LogP contribution in [0, 0.1) is 0 Å². The Labute approximate surface area is 115 Å². The molecule has 1 aromatic rings. The second-order valence-electron chi connectivity index (χ2n) is 5.59. The number of nitrogens with one attached hydrogen (secondary N) is 1. The first-order valence-corrected chi connectivity index (χ1v) is 8.18. The molecule has 1 saturated heterocycles. The zero-order valence-electron chi connectivity index (χ0n) is 11.7. The molecule has 1 atom stereocenters. The van der Waals surface area contributed by atoms with Crippen LogP contribution in [0.3, 0.4) is 0 Å². The Bertz CT molecular complexity index is 321. The van der Waals surface area contributed by atoms with E-state index in [0.717, 1.165) is 12.6 Å². The van der Waals surface area contributed by atoms with Crippen LogP contribution in [0.1, 0.15) is 38.7 Å². The molecule has 1 fully saturated rings. The number of likely N-dealkylation sites (tertiary alicyclic amines) is 1. The fourth-order valence-corrected chi connectivity index (χ4v) is 3.40. The number of hydrogen-bond acceptors (Lipinski definition) is 3. The van der Waals surface area contributed by atoms with Crippen LogP contribution in [0.15, 0.2) is 16.8 Å². The maximum atomic E-state index is 3.74. The van der Waals surface area contributed by atoms with Gasteiger partial charge in [0, 0.05) is 12.1 Å². The molecule has 2 nitrogen and oxygen atoms in total. The quantitative estimate of drug-likeness (QED) is 0.881. The van der Waals surface area contributed by atoms with Crippen molar-refractivity contribution in [2.75, 3.05) is 19.6 Å². The number of hydrogen-bond donors (Lipinski definition) is 1. The minimum Gasteiger partial charge on any atom is -0.314 e. The van der Waals surface area contributed by atoms with Crippen molar-refractivity contribution in [1.82, 2.24) is 10.2 Å². The molecule has 0 amide bonds. The van der Waals surface area contributed by atoms with Crippen LogP contribution >= 0.6 is 11.3 Å². The summed E-state index contributed by atoms with van der Waals surface area (Å²) in [5.74, 6) is 0. The normalized spacial score (nSPS) is 22.3. The summed E-state index contributed by atoms with van der Waals surface area (Å²) in [4.78, 5) is 2.61. The Hall–Kier alpha value is -0.380. The van der Waals surface area contributed by atoms with Gasteiger partial charge in [-0.2, -0.15) is 11.3 Å². The van der Waals surface area contributed by atoms with Crippen LogP contribution < -0.4 is 5.32 Å². The van der Waals surface area contributed by atoms with Gasteiger partial charge in [0.1, 0.15) is 0 Å². The van der Waals surface area contributed by atoms with Crippen molar-refractivity contribution in [3.05, 3.63) is 22.4 Å². The Kier molecular flexibility index (Phi) is 5.67. The maximum absolute atomic E-state index is 3.74. The van der Waals surface area contributed by atoms with E-state index < -0.39 is 0 Å². The average Bonchev–Trinajstić information content (AvgIpc) is 2.73. The Morgan fingerprint density at radius 2 is 2.28 bits per heavy atom. The summed E-state index contributed by atoms with van der Waals surface area (Å²) in [6, 6.07) is 3.67. The second-order valence-corrected chi connectivity index (χ2v) is 6.37. The van der Waals surface area contributed by atoms with Gasteiger partial charge in [0.25, 0.3) is 0 Å². The molecule has 1 aromatic heterocycles. The molecule has 1 aliphatic heterocycles. The van der Waals surface area contributed by atoms with E-state index in [9.17, 15) is 0 Å². The number of thiophene rings is 1. The van der Waals surface area contributed by atoms with Crippen LogP contribution in [0.5, 0.6) is 0 Å². The van der Waals surface area contributed by atoms with E-state index in [1.807, 2.05) is 0 Å². The highest BCUT2D eigenvalue weighted by molar-refractivity contribution is 7.07. The van der Waals surface area contributed by atoms with Crippen LogP contribution in [-0.4, -0.2) is 36.6 Å². The third-order valence-corrected chi connectivity index (χ3v) is 4.65. The molecule has 2 heterocycles. The third kappa shape index (κ3) is 4.38. The van der Waals surface area contributed by atoms with Gasteiger partial charge in [-0.15, -0.1) is 0 Å². The van der Waals surface area contributed by atoms with E-state index in [1.54, 1.807) is 11.3 Å². The summed E-state index contributed by atoms with van der Waals surface area (Å²) in [7, 11) is 0. The molecule has 0 radical (unpaired) electrons. The molecule has 0 aliphatic carbocycles. The highest BCUT2D eigenvalue weighted by Gasteiger charge is 2.17. The van der Waals surface area contributed by atoms with Crippen molar-refractivity contribution < 1.29 is 0 Å². The van der Waals surface area contributed by atoms with Gasteiger partial charge in [0.15, 0.2) is 0 Å². The first-order chi connectivity index (χ1) is 8.75. The predicted molar refractivity (Wildman–Crippen MR) is 80.4 cm³/mol. The standard InChI is InChI=1S/C15H26N2S/c1-13(2)17-9-3-4-15(6-10-17)16-8-5-14-7-11-18-12-14/h7,11-13,15-16H,3-6,8-10H2,1-2H3. The summed E-state index contributed by atoms with van der Waals surface area (Å²) < 4.78 is 0. The first-order valence-electron chi connectivity index (χ1n) is 7.24. The minimum absolute atomic E-state index is 0.703. The molecule has 1 aliphatic rings. The Balaban J connectivity index is 1.67. The lowest BCUT2D eigenvalue weighted by Gasteiger charge is -2.24. The SMILES string of the molecule is CC(C)N1CCCC(NCCc2ccsc2)CC1. The summed E-state index contributed by atoms with van der Waals surface area (Å²) in [6.45, 7) is 8.28. The lowest BCUT2D eigenvalue weighted by Crippen LogP contribution is -2.34. The van der Waals surface area contributed by atoms with E-state index in [1.165, 1.54) is 44.3 Å². The Morgan fingerprint density at radius 1 is 1.39 bits per heavy atom. The first kappa shape index (κ1) is 14.0. The van der Waals surface area contributed by atoms with E-state index >= 15 is 0 Å². The smallest absolute Gasteiger partial charge is 0.00798 e. The lowest BCUT2D eigenvalue weighted by atomic mass is 10.1. The van der Waals surface area contributed by atoms with Crippen LogP contribution in [0.25, 0.3) is 0 Å². The second kappa shape index (κ2) is 7.27. The molecule has 0 bridgehead atoms. The molecular formula is C15H26N2S. The number of rotatable bonds is 5. The van der Waals surface area contributed by atoms with Gasteiger partial charge in [-0.1, -0.05) is 0 Å². The summed E-state index contributed by atoms with van der Waals surface area (Å²) in [6.07, 6.45) is 5.16.